The third-order valence-electron chi connectivity index (χ3n) is 7.62. The van der Waals surface area contributed by atoms with E-state index in [-0.39, 0.29) is 58.6 Å². The minimum atomic E-state index is -1.23. The predicted octanol–water partition coefficient (Wildman–Crippen LogP) is 4.39. The van der Waals surface area contributed by atoms with Crippen molar-refractivity contribution in [3.8, 4) is 48.2 Å². The molecule has 3 amide bonds. The minimum Gasteiger partial charge on any atom is -0.449 e. The van der Waals surface area contributed by atoms with E-state index in [1.165, 1.54) is 0 Å². The highest BCUT2D eigenvalue weighted by atomic mass is 16.6. The summed E-state index contributed by atoms with van der Waals surface area (Å²) in [5, 5.41) is 8.36. The number of amides is 3. The Morgan fingerprint density at radius 2 is 1.30 bits per heavy atom. The first-order chi connectivity index (χ1) is 24.0. The van der Waals surface area contributed by atoms with Crippen molar-refractivity contribution in [1.82, 2.24) is 16.0 Å². The van der Waals surface area contributed by atoms with Gasteiger partial charge in [0.15, 0.2) is 0 Å². The molecule has 0 heterocycles. The Morgan fingerprint density at radius 3 is 1.80 bits per heavy atom. The number of nitrogens with one attached hydrogen (secondary N) is 3. The topological polar surface area (TPSA) is 133 Å². The fraction of sp³-hybridized carbons (Fsp3) is 0.462. The van der Waals surface area contributed by atoms with Crippen LogP contribution < -0.4 is 16.0 Å². The molecule has 11 nitrogen and oxygen atoms in total. The number of hydrogen-bond donors (Lipinski definition) is 3. The smallest absolute Gasteiger partial charge is 0.408 e. The predicted molar refractivity (Wildman–Crippen MR) is 190 cm³/mol. The molecular formula is C39H47N3O8. The number of hydrogen-bond acceptors (Lipinski definition) is 8. The molecule has 0 aliphatic heterocycles. The highest BCUT2D eigenvalue weighted by molar-refractivity contribution is 5.86. The fourth-order valence-electron chi connectivity index (χ4n) is 5.53. The van der Waals surface area contributed by atoms with Gasteiger partial charge in [-0.25, -0.2) is 9.59 Å². The Hall–Kier alpha value is -4.99. The largest absolute Gasteiger partial charge is 0.449 e. The summed E-state index contributed by atoms with van der Waals surface area (Å²) in [7, 11) is 0. The maximum atomic E-state index is 13.8. The fourth-order valence-corrected chi connectivity index (χ4v) is 5.53. The second-order valence-electron chi connectivity index (χ2n) is 12.8. The second-order valence-corrected chi connectivity index (χ2v) is 12.8. The zero-order valence-electron chi connectivity index (χ0n) is 29.0. The van der Waals surface area contributed by atoms with Crippen LogP contribution in [0.2, 0.25) is 0 Å². The summed E-state index contributed by atoms with van der Waals surface area (Å²) in [6.07, 6.45) is 15.9. The highest BCUT2D eigenvalue weighted by Gasteiger charge is 2.36. The van der Waals surface area contributed by atoms with E-state index in [0.29, 0.717) is 19.4 Å². The molecule has 0 unspecified atom stereocenters. The van der Waals surface area contributed by atoms with Gasteiger partial charge in [-0.15, -0.1) is 19.3 Å². The van der Waals surface area contributed by atoms with Crippen LogP contribution in [0.5, 0.6) is 0 Å². The molecule has 1 aliphatic carbocycles. The first-order valence-corrected chi connectivity index (χ1v) is 16.5. The van der Waals surface area contributed by atoms with Crippen molar-refractivity contribution >= 4 is 18.1 Å². The van der Waals surface area contributed by atoms with Crippen LogP contribution in [0.4, 0.5) is 9.59 Å². The first-order valence-electron chi connectivity index (χ1n) is 16.5. The lowest BCUT2D eigenvalue weighted by atomic mass is 9.98. The number of alkyl carbamates (subject to hydrolysis) is 2. The standard InChI is InChI=1S/C39H47N3O8/c1-7-22-46-26-39(27-47-23-8-2,28-48-24-9-3)42-35(43)34(41-37(45)50-38(4,5)6)20-14-15-21-40-36(44)49-25-33-31-18-12-10-16-29(31)30-17-11-13-19-32(30)33/h1-3,10-13,16-19,33-34H,14-15,20-28H2,4-6H3,(H,40,44)(H,41,45)(H,42,43)/t34-/m0/s1. The minimum absolute atomic E-state index is 0.0296. The van der Waals surface area contributed by atoms with Crippen LogP contribution >= 0.6 is 0 Å². The summed E-state index contributed by atoms with van der Waals surface area (Å²) < 4.78 is 27.8. The Labute approximate surface area is 295 Å². The van der Waals surface area contributed by atoms with E-state index in [9.17, 15) is 14.4 Å². The van der Waals surface area contributed by atoms with Gasteiger partial charge in [0.2, 0.25) is 5.91 Å². The molecule has 0 saturated heterocycles. The van der Waals surface area contributed by atoms with E-state index < -0.39 is 35.3 Å². The Kier molecular flexibility index (Phi) is 15.7. The number of unbranched alkanes of at least 4 members (excludes halogenated alkanes) is 1. The lowest BCUT2D eigenvalue weighted by Gasteiger charge is -2.35. The van der Waals surface area contributed by atoms with Crippen molar-refractivity contribution in [3.63, 3.8) is 0 Å². The number of rotatable bonds is 19. The zero-order chi connectivity index (χ0) is 36.4. The lowest BCUT2D eigenvalue weighted by Crippen LogP contribution is -2.62. The van der Waals surface area contributed by atoms with Gasteiger partial charge in [-0.3, -0.25) is 4.79 Å². The molecule has 1 aliphatic rings. The number of benzene rings is 2. The second kappa shape index (κ2) is 19.9. The maximum absolute atomic E-state index is 13.8. The van der Waals surface area contributed by atoms with Gasteiger partial charge in [0.25, 0.3) is 0 Å². The van der Waals surface area contributed by atoms with Crippen LogP contribution in [0.1, 0.15) is 57.1 Å². The molecule has 50 heavy (non-hydrogen) atoms. The number of terminal acetylenes is 3. The third kappa shape index (κ3) is 12.5. The Bertz CT molecular complexity index is 1470. The van der Waals surface area contributed by atoms with Gasteiger partial charge in [-0.1, -0.05) is 66.3 Å². The average Bonchev–Trinajstić information content (AvgIpc) is 3.39. The van der Waals surface area contributed by atoms with E-state index in [2.05, 4.69) is 58.0 Å². The van der Waals surface area contributed by atoms with Gasteiger partial charge in [0.05, 0.1) is 19.8 Å². The van der Waals surface area contributed by atoms with Crippen molar-refractivity contribution in [2.24, 2.45) is 0 Å². The maximum Gasteiger partial charge on any atom is 0.408 e. The molecule has 1 atom stereocenters. The molecule has 3 N–H and O–H groups in total. The summed E-state index contributed by atoms with van der Waals surface area (Å²) in [5.41, 5.74) is 2.51. The normalized spacial score (nSPS) is 12.6. The van der Waals surface area contributed by atoms with E-state index in [1.54, 1.807) is 20.8 Å². The molecule has 2 aromatic rings. The molecule has 0 bridgehead atoms. The number of carbonyl (C=O) groups excluding carboxylic acids is 3. The summed E-state index contributed by atoms with van der Waals surface area (Å²) >= 11 is 0. The van der Waals surface area contributed by atoms with Gasteiger partial charge in [-0.05, 0) is 62.3 Å². The monoisotopic (exact) mass is 685 g/mol. The number of fused-ring (bicyclic) bond motifs is 3. The highest BCUT2D eigenvalue weighted by Crippen LogP contribution is 2.44. The van der Waals surface area contributed by atoms with Crippen molar-refractivity contribution in [2.45, 2.75) is 63.1 Å². The van der Waals surface area contributed by atoms with Crippen LogP contribution in [-0.4, -0.2) is 88.1 Å². The Balaban J connectivity index is 1.60. The molecular weight excluding hydrogens is 638 g/mol. The molecule has 266 valence electrons. The molecule has 2 aromatic carbocycles. The van der Waals surface area contributed by atoms with Crippen molar-refractivity contribution < 1.29 is 38.1 Å². The number of ether oxygens (including phenoxy) is 5. The van der Waals surface area contributed by atoms with Crippen molar-refractivity contribution in [1.29, 1.82) is 0 Å². The molecule has 0 fully saturated rings. The van der Waals surface area contributed by atoms with Gasteiger partial charge >= 0.3 is 12.2 Å². The summed E-state index contributed by atoms with van der Waals surface area (Å²) in [4.78, 5) is 39.2. The van der Waals surface area contributed by atoms with E-state index >= 15 is 0 Å². The van der Waals surface area contributed by atoms with Gasteiger partial charge in [-0.2, -0.15) is 0 Å². The van der Waals surface area contributed by atoms with Crippen LogP contribution in [0.25, 0.3) is 11.1 Å². The molecule has 3 rings (SSSR count). The van der Waals surface area contributed by atoms with Crippen LogP contribution in [-0.2, 0) is 28.5 Å². The quantitative estimate of drug-likeness (QED) is 0.147. The van der Waals surface area contributed by atoms with Gasteiger partial charge < -0.3 is 39.6 Å². The van der Waals surface area contributed by atoms with Gasteiger partial charge in [0, 0.05) is 12.5 Å². The van der Waals surface area contributed by atoms with E-state index in [4.69, 9.17) is 43.0 Å². The molecule has 0 radical (unpaired) electrons. The zero-order valence-corrected chi connectivity index (χ0v) is 29.0. The first kappa shape index (κ1) is 39.4. The van der Waals surface area contributed by atoms with Crippen LogP contribution in [0.3, 0.4) is 0 Å². The van der Waals surface area contributed by atoms with Crippen molar-refractivity contribution in [2.75, 3.05) is 52.8 Å². The van der Waals surface area contributed by atoms with Crippen LogP contribution in [0, 0.1) is 37.0 Å². The summed E-state index contributed by atoms with van der Waals surface area (Å²) in [6, 6.07) is 15.2. The molecule has 11 heteroatoms. The van der Waals surface area contributed by atoms with Crippen LogP contribution in [0.15, 0.2) is 48.5 Å². The number of carbonyl (C=O) groups is 3. The SMILES string of the molecule is C#CCOCC(COCC#C)(COCC#C)NC(=O)[C@H](CCCCNC(=O)OCC1c2ccccc2-c2ccccc21)NC(=O)OC(C)(C)C. The Morgan fingerprint density at radius 1 is 0.780 bits per heavy atom. The third-order valence-corrected chi connectivity index (χ3v) is 7.62. The molecule has 0 saturated carbocycles. The summed E-state index contributed by atoms with van der Waals surface area (Å²) in [6.45, 7) is 5.31. The van der Waals surface area contributed by atoms with Gasteiger partial charge in [0.1, 0.15) is 43.6 Å². The lowest BCUT2D eigenvalue weighted by molar-refractivity contribution is -0.129. The average molecular weight is 686 g/mol. The van der Waals surface area contributed by atoms with E-state index in [1.807, 2.05) is 24.3 Å². The van der Waals surface area contributed by atoms with E-state index in [0.717, 1.165) is 22.3 Å². The molecule has 0 aromatic heterocycles. The summed E-state index contributed by atoms with van der Waals surface area (Å²) in [5.74, 6) is 6.55. The van der Waals surface area contributed by atoms with Crippen molar-refractivity contribution in [3.05, 3.63) is 59.7 Å². The molecule has 0 spiro atoms.